The highest BCUT2D eigenvalue weighted by Crippen LogP contribution is 2.16. The van der Waals surface area contributed by atoms with Crippen LogP contribution in [0, 0.1) is 0 Å². The summed E-state index contributed by atoms with van der Waals surface area (Å²) in [6.45, 7) is 4.63. The van der Waals surface area contributed by atoms with Crippen molar-refractivity contribution in [3.63, 3.8) is 0 Å². The molecule has 0 atom stereocenters. The zero-order chi connectivity index (χ0) is 38.3. The fourth-order valence-electron chi connectivity index (χ4n) is 4.92. The highest BCUT2D eigenvalue weighted by molar-refractivity contribution is 6.30. The minimum absolute atomic E-state index is 0. The number of aromatic nitrogens is 4. The monoisotopic (exact) mass is 768 g/mol. The highest BCUT2D eigenvalue weighted by atomic mass is 35.5. The Labute approximate surface area is 323 Å². The van der Waals surface area contributed by atoms with Gasteiger partial charge in [0.1, 0.15) is 11.6 Å². The van der Waals surface area contributed by atoms with Crippen LogP contribution in [0.1, 0.15) is 64.2 Å². The van der Waals surface area contributed by atoms with Crippen LogP contribution in [0.25, 0.3) is 0 Å². The molecule has 6 aromatic rings. The number of aryl methyl sites for hydroxylation is 2. The number of carboxylic acids is 1. The smallest absolute Gasteiger partial charge is 0.337 e. The van der Waals surface area contributed by atoms with Crippen molar-refractivity contribution in [2.75, 3.05) is 11.1 Å². The van der Waals surface area contributed by atoms with Crippen LogP contribution >= 0.6 is 23.2 Å². The molecule has 0 saturated carbocycles. The van der Waals surface area contributed by atoms with Crippen molar-refractivity contribution in [3.05, 3.63) is 186 Å². The number of hydrogen-bond donors (Lipinski definition) is 3. The second-order valence-corrected chi connectivity index (χ2v) is 12.5. The number of nitrogens with two attached hydrogens (primary N) is 1. The first-order chi connectivity index (χ1) is 25.4. The summed E-state index contributed by atoms with van der Waals surface area (Å²) >= 11 is 11.9. The molecular formula is C41H42Cl2N6O5. The van der Waals surface area contributed by atoms with E-state index in [1.807, 2.05) is 67.6 Å². The van der Waals surface area contributed by atoms with E-state index >= 15 is 0 Å². The lowest BCUT2D eigenvalue weighted by molar-refractivity contribution is 0.0695. The fraction of sp³-hybridized carbons (Fsp3) is 0.171. The molecule has 4 heterocycles. The van der Waals surface area contributed by atoms with Gasteiger partial charge >= 0.3 is 5.97 Å². The molecule has 11 nitrogen and oxygen atoms in total. The number of nitrogens with zero attached hydrogens (tertiary/aromatic N) is 4. The van der Waals surface area contributed by atoms with Crippen LogP contribution in [0.2, 0.25) is 10.0 Å². The van der Waals surface area contributed by atoms with Gasteiger partial charge in [-0.25, -0.2) is 14.8 Å². The predicted molar refractivity (Wildman–Crippen MR) is 216 cm³/mol. The summed E-state index contributed by atoms with van der Waals surface area (Å²) in [4.78, 5) is 53.7. The maximum atomic E-state index is 12.3. The zero-order valence-electron chi connectivity index (χ0n) is 29.1. The summed E-state index contributed by atoms with van der Waals surface area (Å²) in [7, 11) is 0. The van der Waals surface area contributed by atoms with Crippen molar-refractivity contribution >= 4 is 46.7 Å². The number of pyridine rings is 4. The summed E-state index contributed by atoms with van der Waals surface area (Å²) in [6, 6.07) is 28.4. The van der Waals surface area contributed by atoms with E-state index in [9.17, 15) is 19.2 Å². The van der Waals surface area contributed by atoms with Crippen molar-refractivity contribution in [3.8, 4) is 0 Å². The van der Waals surface area contributed by atoms with Crippen LogP contribution in [-0.2, 0) is 25.9 Å². The lowest BCUT2D eigenvalue weighted by atomic mass is 10.1. The summed E-state index contributed by atoms with van der Waals surface area (Å²) in [5, 5.41) is 12.8. The van der Waals surface area contributed by atoms with Gasteiger partial charge in [0, 0.05) is 60.1 Å². The predicted octanol–water partition coefficient (Wildman–Crippen LogP) is 7.87. The molecule has 0 saturated heterocycles. The molecule has 6 rings (SSSR count). The van der Waals surface area contributed by atoms with Gasteiger partial charge < -0.3 is 25.3 Å². The summed E-state index contributed by atoms with van der Waals surface area (Å²) in [6.07, 6.45) is 7.94. The van der Waals surface area contributed by atoms with E-state index in [1.165, 1.54) is 45.2 Å². The Hall–Kier alpha value is -6.04. The number of nitrogen functional groups attached to an aromatic ring is 1. The number of rotatable bonds is 9. The maximum absolute atomic E-state index is 12.3. The number of anilines is 2. The van der Waals surface area contributed by atoms with Crippen LogP contribution in [0.15, 0.2) is 131 Å². The number of nitrogens with one attached hydrogen (secondary N) is 1. The highest BCUT2D eigenvalue weighted by Gasteiger charge is 2.09. The first-order valence-electron chi connectivity index (χ1n) is 16.5. The molecule has 0 spiro atoms. The number of hydrogen-bond acceptors (Lipinski definition) is 7. The van der Waals surface area contributed by atoms with Crippen molar-refractivity contribution in [1.82, 2.24) is 19.1 Å². The Morgan fingerprint density at radius 3 is 1.63 bits per heavy atom. The number of carbonyl (C=O) groups is 2. The van der Waals surface area contributed by atoms with E-state index in [-0.39, 0.29) is 30.0 Å². The Morgan fingerprint density at radius 1 is 0.685 bits per heavy atom. The molecule has 0 bridgehead atoms. The fourth-order valence-corrected chi connectivity index (χ4v) is 5.34. The Bertz CT molecular complexity index is 2270. The van der Waals surface area contributed by atoms with E-state index in [2.05, 4.69) is 15.3 Å². The molecule has 0 radical (unpaired) electrons. The van der Waals surface area contributed by atoms with Crippen molar-refractivity contribution < 1.29 is 14.7 Å². The van der Waals surface area contributed by atoms with Crippen molar-refractivity contribution in [2.45, 2.75) is 47.2 Å². The number of amides is 1. The average molecular weight is 770 g/mol. The summed E-state index contributed by atoms with van der Waals surface area (Å²) in [5.74, 6) is -0.316. The Balaban J connectivity index is 0.000000237. The second-order valence-electron chi connectivity index (χ2n) is 11.6. The van der Waals surface area contributed by atoms with Crippen molar-refractivity contribution in [2.24, 2.45) is 0 Å². The third-order valence-electron chi connectivity index (χ3n) is 7.67. The Kier molecular flexibility index (Phi) is 16.4. The molecule has 13 heteroatoms. The van der Waals surface area contributed by atoms with E-state index in [0.29, 0.717) is 41.7 Å². The SMILES string of the molecule is C.CCn1cc(C(=O)Nc2ccc(Cc3cccc(Cl)c3)cn2)ccc1=O.CCn1cc(C(=O)O)ccc1=O.Nc1ccc(Cc2cccc(Cl)c2)cn1. The van der Waals surface area contributed by atoms with Gasteiger partial charge in [0.15, 0.2) is 0 Å². The number of benzene rings is 2. The molecule has 2 aromatic carbocycles. The lowest BCUT2D eigenvalue weighted by Gasteiger charge is -2.08. The number of halogens is 2. The van der Waals surface area contributed by atoms with Gasteiger partial charge in [-0.1, -0.05) is 67.0 Å². The molecule has 0 aliphatic heterocycles. The van der Waals surface area contributed by atoms with E-state index < -0.39 is 5.97 Å². The van der Waals surface area contributed by atoms with Crippen LogP contribution in [0.5, 0.6) is 0 Å². The van der Waals surface area contributed by atoms with E-state index in [1.54, 1.807) is 37.6 Å². The quantitative estimate of drug-likeness (QED) is 0.134. The van der Waals surface area contributed by atoms with Gasteiger partial charge in [0.2, 0.25) is 0 Å². The second kappa shape index (κ2) is 20.9. The van der Waals surface area contributed by atoms with Gasteiger partial charge in [0.25, 0.3) is 17.0 Å². The van der Waals surface area contributed by atoms with Gasteiger partial charge in [-0.05, 0) is 97.5 Å². The van der Waals surface area contributed by atoms with Crippen molar-refractivity contribution in [1.29, 1.82) is 0 Å². The molecule has 0 fully saturated rings. The Morgan fingerprint density at radius 2 is 1.19 bits per heavy atom. The van der Waals surface area contributed by atoms with Crippen LogP contribution < -0.4 is 22.2 Å². The molecule has 0 aliphatic carbocycles. The molecule has 4 N–H and O–H groups in total. The third kappa shape index (κ3) is 13.2. The first kappa shape index (κ1) is 42.4. The minimum atomic E-state index is -1.02. The van der Waals surface area contributed by atoms with Gasteiger partial charge in [-0.3, -0.25) is 14.4 Å². The summed E-state index contributed by atoms with van der Waals surface area (Å²) in [5.41, 5.74) is 10.2. The summed E-state index contributed by atoms with van der Waals surface area (Å²) < 4.78 is 2.83. The third-order valence-corrected chi connectivity index (χ3v) is 8.14. The lowest BCUT2D eigenvalue weighted by Crippen LogP contribution is -2.21. The molecule has 0 unspecified atom stereocenters. The maximum Gasteiger partial charge on any atom is 0.337 e. The standard InChI is InChI=1S/C20H18ClN3O2.C12H11ClN2.C8H9NO3.CH4/c1-2-24-13-16(7-9-19(24)25)20(26)23-18-8-6-15(12-22-18)10-14-4-3-5-17(21)11-14;13-11-3-1-2-9(7-11)6-10-4-5-12(14)15-8-10;1-2-9-5-6(8(11)12)3-4-7(9)10;/h3-9,11-13H,2,10H2,1H3,(H,22,23,26);1-5,7-8H,6H2,(H2,14,15);3-5H,2H2,1H3,(H,11,12);1H4. The molecule has 280 valence electrons. The molecule has 1 amide bonds. The average Bonchev–Trinajstić information content (AvgIpc) is 3.14. The van der Waals surface area contributed by atoms with E-state index in [4.69, 9.17) is 34.0 Å². The van der Waals surface area contributed by atoms with Gasteiger partial charge in [0.05, 0.1) is 11.1 Å². The topological polar surface area (TPSA) is 162 Å². The van der Waals surface area contributed by atoms with Gasteiger partial charge in [-0.15, -0.1) is 0 Å². The minimum Gasteiger partial charge on any atom is -0.478 e. The first-order valence-corrected chi connectivity index (χ1v) is 17.3. The van der Waals surface area contributed by atoms with Crippen LogP contribution in [0.3, 0.4) is 0 Å². The normalized spacial score (nSPS) is 10.1. The van der Waals surface area contributed by atoms with E-state index in [0.717, 1.165) is 28.1 Å². The van der Waals surface area contributed by atoms with Crippen LogP contribution in [-0.4, -0.2) is 36.1 Å². The molecular weight excluding hydrogens is 727 g/mol. The number of carboxylic acid groups (broad SMARTS) is 1. The van der Waals surface area contributed by atoms with Gasteiger partial charge in [-0.2, -0.15) is 0 Å². The molecule has 54 heavy (non-hydrogen) atoms. The number of aromatic carboxylic acids is 1. The molecule has 0 aliphatic rings. The molecule has 4 aromatic heterocycles. The largest absolute Gasteiger partial charge is 0.478 e. The number of carbonyl (C=O) groups excluding carboxylic acids is 1. The zero-order valence-corrected chi connectivity index (χ0v) is 30.6. The van der Waals surface area contributed by atoms with Crippen LogP contribution in [0.4, 0.5) is 11.6 Å².